The second kappa shape index (κ2) is 10.8. The summed E-state index contributed by atoms with van der Waals surface area (Å²) in [5.74, 6) is 0.634. The van der Waals surface area contributed by atoms with Crippen molar-refractivity contribution in [3.8, 4) is 11.5 Å². The summed E-state index contributed by atoms with van der Waals surface area (Å²) < 4.78 is 8.61. The van der Waals surface area contributed by atoms with Gasteiger partial charge in [0.1, 0.15) is 14.6 Å². The Labute approximate surface area is 124 Å². The molecule has 0 saturated heterocycles. The van der Waals surface area contributed by atoms with E-state index in [0.29, 0.717) is 11.5 Å². The van der Waals surface area contributed by atoms with Crippen molar-refractivity contribution in [2.45, 2.75) is 0 Å². The van der Waals surface area contributed by atoms with E-state index in [4.69, 9.17) is 0 Å². The number of hydrogen-bond donors (Lipinski definition) is 0. The zero-order valence-corrected chi connectivity index (χ0v) is 10.9. The van der Waals surface area contributed by atoms with E-state index < -0.39 is 14.6 Å². The van der Waals surface area contributed by atoms with Gasteiger partial charge in [0.05, 0.1) is 11.5 Å². The van der Waals surface area contributed by atoms with Crippen molar-refractivity contribution in [3.63, 3.8) is 0 Å². The first-order valence-electron chi connectivity index (χ1n) is 5.64. The molecule has 0 bridgehead atoms. The van der Waals surface area contributed by atoms with Gasteiger partial charge in [-0.15, -0.1) is 0 Å². The predicted molar refractivity (Wildman–Crippen MR) is 68.9 cm³/mol. The van der Waals surface area contributed by atoms with Gasteiger partial charge in [0.15, 0.2) is 0 Å². The Morgan fingerprint density at radius 1 is 0.571 bits per heavy atom. The Balaban J connectivity index is 0.000000364. The fourth-order valence-corrected chi connectivity index (χ4v) is 1.22. The number of rotatable bonds is 4. The Kier molecular flexibility index (Phi) is 9.74. The zero-order chi connectivity index (χ0) is 14.8. The molecule has 0 atom stereocenters. The molecule has 0 radical (unpaired) electrons. The van der Waals surface area contributed by atoms with E-state index in [1.807, 2.05) is 0 Å². The maximum Gasteiger partial charge on any atom is 4.00 e. The van der Waals surface area contributed by atoms with Crippen LogP contribution in [0.3, 0.4) is 0 Å². The van der Waals surface area contributed by atoms with Crippen LogP contribution in [-0.4, -0.2) is 14.6 Å². The first-order chi connectivity index (χ1) is 9.58. The van der Waals surface area contributed by atoms with E-state index in [2.05, 4.69) is 9.31 Å². The van der Waals surface area contributed by atoms with Crippen LogP contribution >= 0.6 is 0 Å². The fraction of sp³-hybridized carbons (Fsp3) is 0. The molecule has 8 heteroatoms. The summed E-state index contributed by atoms with van der Waals surface area (Å²) in [7, 11) is -4.47. The summed E-state index contributed by atoms with van der Waals surface area (Å²) in [6.45, 7) is 0. The van der Waals surface area contributed by atoms with Crippen LogP contribution in [0.1, 0.15) is 0 Å². The summed E-state index contributed by atoms with van der Waals surface area (Å²) in [6, 6.07) is 16.6. The predicted octanol–water partition coefficient (Wildman–Crippen LogP) is -2.38. The monoisotopic (exact) mass is 284 g/mol. The van der Waals surface area contributed by atoms with Crippen LogP contribution in [0.25, 0.3) is 0 Å². The SMILES string of the molecule is [C+4].[O-]B([O-])Oc1ccccc1.[O-]B([O-])Oc1ccccc1. The van der Waals surface area contributed by atoms with E-state index in [1.165, 1.54) is 0 Å². The summed E-state index contributed by atoms with van der Waals surface area (Å²) in [5.41, 5.74) is 0. The molecule has 2 aromatic rings. The maximum absolute atomic E-state index is 9.92. The molecule has 0 amide bonds. The first-order valence-corrected chi connectivity index (χ1v) is 5.64. The van der Waals surface area contributed by atoms with Crippen LogP contribution in [0.5, 0.6) is 11.5 Å². The molecular weight excluding hydrogens is 274 g/mol. The van der Waals surface area contributed by atoms with Crippen LogP contribution < -0.4 is 29.4 Å². The Morgan fingerprint density at radius 3 is 1.10 bits per heavy atom. The quantitative estimate of drug-likeness (QED) is 0.580. The van der Waals surface area contributed by atoms with Crippen LogP contribution in [0.4, 0.5) is 0 Å². The minimum atomic E-state index is -2.23. The molecular formula is C13H10B2O6. The van der Waals surface area contributed by atoms with Gasteiger partial charge in [-0.1, -0.05) is 36.4 Å². The van der Waals surface area contributed by atoms with E-state index in [1.54, 1.807) is 60.7 Å². The molecule has 0 aliphatic heterocycles. The van der Waals surface area contributed by atoms with Crippen molar-refractivity contribution >= 4 is 14.6 Å². The number of benzene rings is 2. The molecule has 2 aromatic carbocycles. The second-order valence-electron chi connectivity index (χ2n) is 3.44. The third-order valence-electron chi connectivity index (χ3n) is 1.95. The van der Waals surface area contributed by atoms with Gasteiger partial charge >= 0.3 is 7.43 Å². The minimum Gasteiger partial charge on any atom is -0.860 e. The largest absolute Gasteiger partial charge is 4.00 e. The van der Waals surface area contributed by atoms with E-state index in [0.717, 1.165) is 0 Å². The molecule has 6 nitrogen and oxygen atoms in total. The zero-order valence-electron chi connectivity index (χ0n) is 10.9. The van der Waals surface area contributed by atoms with Crippen molar-refractivity contribution in [3.05, 3.63) is 68.1 Å². The maximum atomic E-state index is 9.92. The topological polar surface area (TPSA) is 111 Å². The average Bonchev–Trinajstić information content (AvgIpc) is 2.40. The van der Waals surface area contributed by atoms with Gasteiger partial charge in [-0.05, 0) is 24.3 Å². The van der Waals surface area contributed by atoms with Gasteiger partial charge in [-0.2, -0.15) is 0 Å². The Bertz CT molecular complexity index is 421. The normalized spacial score (nSPS) is 8.57. The summed E-state index contributed by atoms with van der Waals surface area (Å²) in [6.07, 6.45) is 0. The summed E-state index contributed by atoms with van der Waals surface area (Å²) in [5, 5.41) is 39.7. The molecule has 0 heterocycles. The smallest absolute Gasteiger partial charge is 0.860 e. The first kappa shape index (κ1) is 19.0. The van der Waals surface area contributed by atoms with Crippen LogP contribution in [-0.2, 0) is 0 Å². The molecule has 0 aliphatic rings. The molecule has 0 N–H and O–H groups in total. The second-order valence-corrected chi connectivity index (χ2v) is 3.44. The standard InChI is InChI=1S/2C6H5BO3.C/c2*8-7(9)10-6-4-2-1-3-5-6;/h2*1-5H;/q2*-2;+4. The van der Waals surface area contributed by atoms with E-state index in [9.17, 15) is 20.1 Å². The van der Waals surface area contributed by atoms with Gasteiger partial charge in [-0.3, -0.25) is 0 Å². The molecule has 0 aliphatic carbocycles. The van der Waals surface area contributed by atoms with Gasteiger partial charge in [-0.25, -0.2) is 0 Å². The molecule has 0 spiro atoms. The summed E-state index contributed by atoms with van der Waals surface area (Å²) >= 11 is 0. The van der Waals surface area contributed by atoms with Crippen LogP contribution in [0.2, 0.25) is 0 Å². The Morgan fingerprint density at radius 2 is 0.857 bits per heavy atom. The number of para-hydroxylation sites is 2. The molecule has 0 saturated carbocycles. The summed E-state index contributed by atoms with van der Waals surface area (Å²) in [4.78, 5) is 0. The molecule has 2 rings (SSSR count). The van der Waals surface area contributed by atoms with Gasteiger partial charge < -0.3 is 29.4 Å². The van der Waals surface area contributed by atoms with Crippen molar-refractivity contribution < 1.29 is 29.4 Å². The van der Waals surface area contributed by atoms with Crippen LogP contribution in [0.15, 0.2) is 60.7 Å². The third kappa shape index (κ3) is 9.53. The van der Waals surface area contributed by atoms with E-state index in [-0.39, 0.29) is 7.43 Å². The third-order valence-corrected chi connectivity index (χ3v) is 1.95. The molecule has 0 unspecified atom stereocenters. The fourth-order valence-electron chi connectivity index (χ4n) is 1.22. The minimum absolute atomic E-state index is 0. The molecule has 21 heavy (non-hydrogen) atoms. The number of hydrogen-bond acceptors (Lipinski definition) is 6. The van der Waals surface area contributed by atoms with Crippen molar-refractivity contribution in [2.24, 2.45) is 0 Å². The van der Waals surface area contributed by atoms with Crippen molar-refractivity contribution in [1.82, 2.24) is 0 Å². The van der Waals surface area contributed by atoms with Gasteiger partial charge in [0.2, 0.25) is 0 Å². The Hall–Kier alpha value is -1.99. The van der Waals surface area contributed by atoms with E-state index >= 15 is 0 Å². The average molecular weight is 284 g/mol. The van der Waals surface area contributed by atoms with Crippen molar-refractivity contribution in [1.29, 1.82) is 0 Å². The molecule has 0 aromatic heterocycles. The molecule has 0 fully saturated rings. The van der Waals surface area contributed by atoms with Crippen LogP contribution in [0, 0.1) is 7.43 Å². The van der Waals surface area contributed by atoms with Crippen molar-refractivity contribution in [2.75, 3.05) is 0 Å². The molecule has 104 valence electrons. The van der Waals surface area contributed by atoms with Gasteiger partial charge in [0.25, 0.3) is 0 Å². The van der Waals surface area contributed by atoms with Gasteiger partial charge in [0, 0.05) is 0 Å².